The minimum atomic E-state index is 0.0457. The number of amides is 1. The standard InChI is InChI=1S/C10H16N4O/c11-4-1-2-10(15)14-5-3-9-8-12-6-7-13-9/h6-8H,1-5,11H2,(H,14,15). The van der Waals surface area contributed by atoms with Crippen LogP contribution in [0.1, 0.15) is 18.5 Å². The predicted molar refractivity (Wildman–Crippen MR) is 57.0 cm³/mol. The summed E-state index contributed by atoms with van der Waals surface area (Å²) in [6.07, 6.45) is 6.91. The van der Waals surface area contributed by atoms with Crippen LogP contribution in [0.4, 0.5) is 0 Å². The van der Waals surface area contributed by atoms with E-state index in [1.54, 1.807) is 18.6 Å². The Labute approximate surface area is 89.1 Å². The van der Waals surface area contributed by atoms with Crippen molar-refractivity contribution in [3.63, 3.8) is 0 Å². The van der Waals surface area contributed by atoms with E-state index in [1.807, 2.05) is 0 Å². The molecule has 1 aromatic rings. The summed E-state index contributed by atoms with van der Waals surface area (Å²) in [5.74, 6) is 0.0457. The van der Waals surface area contributed by atoms with Gasteiger partial charge in [-0.3, -0.25) is 14.8 Å². The van der Waals surface area contributed by atoms with Crippen LogP contribution in [0.25, 0.3) is 0 Å². The molecule has 15 heavy (non-hydrogen) atoms. The maximum Gasteiger partial charge on any atom is 0.220 e. The zero-order valence-corrected chi connectivity index (χ0v) is 8.65. The van der Waals surface area contributed by atoms with E-state index < -0.39 is 0 Å². The molecule has 0 unspecified atom stereocenters. The van der Waals surface area contributed by atoms with Crippen molar-refractivity contribution in [3.8, 4) is 0 Å². The molecule has 0 radical (unpaired) electrons. The molecule has 5 nitrogen and oxygen atoms in total. The van der Waals surface area contributed by atoms with Gasteiger partial charge in [-0.05, 0) is 13.0 Å². The van der Waals surface area contributed by atoms with Gasteiger partial charge < -0.3 is 11.1 Å². The highest BCUT2D eigenvalue weighted by molar-refractivity contribution is 5.75. The van der Waals surface area contributed by atoms with Gasteiger partial charge in [0.25, 0.3) is 0 Å². The lowest BCUT2D eigenvalue weighted by Crippen LogP contribution is -2.26. The third kappa shape index (κ3) is 5.07. The number of hydrogen-bond acceptors (Lipinski definition) is 4. The Morgan fingerprint density at radius 3 is 3.00 bits per heavy atom. The maximum absolute atomic E-state index is 11.2. The minimum absolute atomic E-state index is 0.0457. The number of carbonyl (C=O) groups is 1. The average Bonchev–Trinajstić information content (AvgIpc) is 2.28. The summed E-state index contributed by atoms with van der Waals surface area (Å²) in [6.45, 7) is 1.15. The fraction of sp³-hybridized carbons (Fsp3) is 0.500. The highest BCUT2D eigenvalue weighted by Crippen LogP contribution is 1.91. The van der Waals surface area contributed by atoms with E-state index in [1.165, 1.54) is 0 Å². The Balaban J connectivity index is 2.14. The normalized spacial score (nSPS) is 9.93. The second-order valence-corrected chi connectivity index (χ2v) is 3.19. The molecule has 0 aliphatic carbocycles. The second kappa shape index (κ2) is 6.89. The van der Waals surface area contributed by atoms with E-state index >= 15 is 0 Å². The van der Waals surface area contributed by atoms with Crippen LogP contribution in [-0.4, -0.2) is 29.0 Å². The summed E-state index contributed by atoms with van der Waals surface area (Å²) in [5.41, 5.74) is 6.18. The van der Waals surface area contributed by atoms with Crippen LogP contribution in [0.2, 0.25) is 0 Å². The van der Waals surface area contributed by atoms with E-state index in [-0.39, 0.29) is 5.91 Å². The molecule has 0 bridgehead atoms. The summed E-state index contributed by atoms with van der Waals surface area (Å²) in [5, 5.41) is 2.80. The van der Waals surface area contributed by atoms with Gasteiger partial charge in [0.05, 0.1) is 5.69 Å². The molecule has 0 fully saturated rings. The molecule has 1 heterocycles. The summed E-state index contributed by atoms with van der Waals surface area (Å²) < 4.78 is 0. The number of hydrogen-bond donors (Lipinski definition) is 2. The van der Waals surface area contributed by atoms with Gasteiger partial charge in [0.15, 0.2) is 0 Å². The van der Waals surface area contributed by atoms with Crippen LogP contribution >= 0.6 is 0 Å². The van der Waals surface area contributed by atoms with Crippen molar-refractivity contribution >= 4 is 5.91 Å². The minimum Gasteiger partial charge on any atom is -0.356 e. The van der Waals surface area contributed by atoms with Crippen molar-refractivity contribution in [3.05, 3.63) is 24.3 Å². The summed E-state index contributed by atoms with van der Waals surface area (Å²) >= 11 is 0. The van der Waals surface area contributed by atoms with Gasteiger partial charge in [-0.1, -0.05) is 0 Å². The topological polar surface area (TPSA) is 80.9 Å². The predicted octanol–water partition coefficient (Wildman–Crippen LogP) is -0.126. The monoisotopic (exact) mass is 208 g/mol. The average molecular weight is 208 g/mol. The molecule has 0 spiro atoms. The molecule has 0 atom stereocenters. The lowest BCUT2D eigenvalue weighted by molar-refractivity contribution is -0.121. The molecular formula is C10H16N4O. The number of aromatic nitrogens is 2. The SMILES string of the molecule is NCCCC(=O)NCCc1cnccn1. The zero-order valence-electron chi connectivity index (χ0n) is 8.65. The first kappa shape index (κ1) is 11.6. The second-order valence-electron chi connectivity index (χ2n) is 3.19. The van der Waals surface area contributed by atoms with Gasteiger partial charge in [-0.15, -0.1) is 0 Å². The summed E-state index contributed by atoms with van der Waals surface area (Å²) in [7, 11) is 0. The van der Waals surface area contributed by atoms with Crippen LogP contribution in [0.5, 0.6) is 0 Å². The van der Waals surface area contributed by atoms with Gasteiger partial charge in [0.1, 0.15) is 0 Å². The first-order valence-electron chi connectivity index (χ1n) is 5.04. The van der Waals surface area contributed by atoms with Crippen molar-refractivity contribution in [2.75, 3.05) is 13.1 Å². The Morgan fingerprint density at radius 1 is 1.47 bits per heavy atom. The largest absolute Gasteiger partial charge is 0.356 e. The molecule has 3 N–H and O–H groups in total. The van der Waals surface area contributed by atoms with E-state index in [0.29, 0.717) is 25.9 Å². The van der Waals surface area contributed by atoms with Crippen LogP contribution < -0.4 is 11.1 Å². The first-order chi connectivity index (χ1) is 7.33. The molecular weight excluding hydrogens is 192 g/mol. The fourth-order valence-corrected chi connectivity index (χ4v) is 1.14. The van der Waals surface area contributed by atoms with Gasteiger partial charge >= 0.3 is 0 Å². The number of carbonyl (C=O) groups excluding carboxylic acids is 1. The first-order valence-corrected chi connectivity index (χ1v) is 5.04. The van der Waals surface area contributed by atoms with Crippen LogP contribution in [-0.2, 0) is 11.2 Å². The van der Waals surface area contributed by atoms with Crippen molar-refractivity contribution in [2.45, 2.75) is 19.3 Å². The molecule has 5 heteroatoms. The van der Waals surface area contributed by atoms with E-state index in [9.17, 15) is 4.79 Å². The number of nitrogens with one attached hydrogen (secondary N) is 1. The van der Waals surface area contributed by atoms with Crippen molar-refractivity contribution in [2.24, 2.45) is 5.73 Å². The molecule has 0 aliphatic rings. The van der Waals surface area contributed by atoms with E-state index in [0.717, 1.165) is 12.1 Å². The third-order valence-electron chi connectivity index (χ3n) is 1.93. The highest BCUT2D eigenvalue weighted by atomic mass is 16.1. The van der Waals surface area contributed by atoms with Crippen LogP contribution in [0, 0.1) is 0 Å². The molecule has 1 rings (SSSR count). The molecule has 0 aromatic carbocycles. The maximum atomic E-state index is 11.2. The van der Waals surface area contributed by atoms with Gasteiger partial charge in [-0.2, -0.15) is 0 Å². The van der Waals surface area contributed by atoms with Crippen molar-refractivity contribution in [1.29, 1.82) is 0 Å². The lowest BCUT2D eigenvalue weighted by atomic mass is 10.3. The van der Waals surface area contributed by atoms with E-state index in [2.05, 4.69) is 15.3 Å². The van der Waals surface area contributed by atoms with Crippen molar-refractivity contribution < 1.29 is 4.79 Å². The van der Waals surface area contributed by atoms with E-state index in [4.69, 9.17) is 5.73 Å². The molecule has 0 saturated carbocycles. The van der Waals surface area contributed by atoms with Gasteiger partial charge in [0.2, 0.25) is 5.91 Å². The Bertz CT molecular complexity index is 289. The lowest BCUT2D eigenvalue weighted by Gasteiger charge is -2.03. The number of nitrogens with zero attached hydrogens (tertiary/aromatic N) is 2. The summed E-state index contributed by atoms with van der Waals surface area (Å²) in [6, 6.07) is 0. The zero-order chi connectivity index (χ0) is 10.9. The van der Waals surface area contributed by atoms with Crippen LogP contribution in [0.3, 0.4) is 0 Å². The van der Waals surface area contributed by atoms with Gasteiger partial charge in [-0.25, -0.2) is 0 Å². The fourth-order valence-electron chi connectivity index (χ4n) is 1.14. The Hall–Kier alpha value is -1.49. The number of nitrogens with two attached hydrogens (primary N) is 1. The smallest absolute Gasteiger partial charge is 0.220 e. The Morgan fingerprint density at radius 2 is 2.33 bits per heavy atom. The quantitative estimate of drug-likeness (QED) is 0.682. The molecule has 82 valence electrons. The molecule has 0 saturated heterocycles. The number of rotatable bonds is 6. The summed E-state index contributed by atoms with van der Waals surface area (Å²) in [4.78, 5) is 19.2. The molecule has 1 aromatic heterocycles. The Kier molecular flexibility index (Phi) is 5.32. The van der Waals surface area contributed by atoms with Crippen molar-refractivity contribution in [1.82, 2.24) is 15.3 Å². The van der Waals surface area contributed by atoms with Crippen LogP contribution in [0.15, 0.2) is 18.6 Å². The molecule has 1 amide bonds. The highest BCUT2D eigenvalue weighted by Gasteiger charge is 1.99. The molecule has 0 aliphatic heterocycles. The third-order valence-corrected chi connectivity index (χ3v) is 1.93. The van der Waals surface area contributed by atoms with Gasteiger partial charge in [0, 0.05) is 38.0 Å².